The molecule has 1 fully saturated rings. The van der Waals surface area contributed by atoms with Gasteiger partial charge in [-0.25, -0.2) is 9.59 Å². The van der Waals surface area contributed by atoms with E-state index in [-0.39, 0.29) is 13.0 Å². The molecule has 18 heavy (non-hydrogen) atoms. The molecule has 1 heterocycles. The molecule has 7 heteroatoms. The third-order valence-electron chi connectivity index (χ3n) is 2.91. The smallest absolute Gasteiger partial charge is 0.326 e. The van der Waals surface area contributed by atoms with Gasteiger partial charge in [-0.2, -0.15) is 0 Å². The Morgan fingerprint density at radius 1 is 1.33 bits per heavy atom. The maximum Gasteiger partial charge on any atom is 0.326 e. The van der Waals surface area contributed by atoms with E-state index in [1.54, 1.807) is 0 Å². The number of urea groups is 1. The zero-order chi connectivity index (χ0) is 13.4. The number of aliphatic carboxylic acids is 1. The molecule has 0 saturated carbocycles. The largest absolute Gasteiger partial charge is 0.480 e. The van der Waals surface area contributed by atoms with Crippen LogP contribution in [0.15, 0.2) is 0 Å². The second kappa shape index (κ2) is 7.88. The van der Waals surface area contributed by atoms with Crippen molar-refractivity contribution in [1.29, 1.82) is 0 Å². The van der Waals surface area contributed by atoms with Gasteiger partial charge in [-0.3, -0.25) is 0 Å². The molecule has 1 saturated heterocycles. The zero-order valence-corrected chi connectivity index (χ0v) is 10.2. The first-order valence-electron chi connectivity index (χ1n) is 6.09. The molecule has 1 aliphatic heterocycles. The number of carboxylic acid groups (broad SMARTS) is 1. The fraction of sp³-hybridized carbons (Fsp3) is 0.818. The molecule has 0 aromatic heterocycles. The number of ether oxygens (including phenoxy) is 1. The number of amides is 2. The summed E-state index contributed by atoms with van der Waals surface area (Å²) in [5.74, 6) is -0.768. The minimum atomic E-state index is -1.15. The Morgan fingerprint density at radius 2 is 2.00 bits per heavy atom. The van der Waals surface area contributed by atoms with E-state index >= 15 is 0 Å². The molecule has 104 valence electrons. The highest BCUT2D eigenvalue weighted by atomic mass is 16.5. The molecule has 0 radical (unpaired) electrons. The molecule has 1 atom stereocenters. The monoisotopic (exact) mass is 260 g/mol. The Labute approximate surface area is 106 Å². The number of carbonyl (C=O) groups excluding carboxylic acids is 1. The molecule has 4 N–H and O–H groups in total. The van der Waals surface area contributed by atoms with Gasteiger partial charge in [-0.1, -0.05) is 0 Å². The molecule has 0 unspecified atom stereocenters. The Balaban J connectivity index is 2.24. The highest BCUT2D eigenvalue weighted by molar-refractivity contribution is 5.82. The number of carbonyl (C=O) groups is 2. The summed E-state index contributed by atoms with van der Waals surface area (Å²) >= 11 is 0. The first-order valence-corrected chi connectivity index (χ1v) is 6.09. The first kappa shape index (κ1) is 14.7. The number of rotatable bonds is 6. The molecular weight excluding hydrogens is 240 g/mol. The number of hydrogen-bond donors (Lipinski definition) is 4. The van der Waals surface area contributed by atoms with E-state index in [9.17, 15) is 9.59 Å². The summed E-state index contributed by atoms with van der Waals surface area (Å²) < 4.78 is 5.20. The van der Waals surface area contributed by atoms with Gasteiger partial charge in [-0.15, -0.1) is 0 Å². The summed E-state index contributed by atoms with van der Waals surface area (Å²) in [4.78, 5) is 22.2. The highest BCUT2D eigenvalue weighted by Gasteiger charge is 2.20. The standard InChI is InChI=1S/C11H20N2O5/c14-4-1-9(10(15)16)13-11(17)12-7-8-2-5-18-6-3-8/h8-9,14H,1-7H2,(H,15,16)(H2,12,13,17)/t9-/m0/s1. The molecule has 7 nitrogen and oxygen atoms in total. The van der Waals surface area contributed by atoms with Crippen molar-refractivity contribution in [3.63, 3.8) is 0 Å². The fourth-order valence-electron chi connectivity index (χ4n) is 1.78. The number of aliphatic hydroxyl groups excluding tert-OH is 1. The Bertz CT molecular complexity index is 279. The number of nitrogens with one attached hydrogen (secondary N) is 2. The van der Waals surface area contributed by atoms with Crippen molar-refractivity contribution >= 4 is 12.0 Å². The fourth-order valence-corrected chi connectivity index (χ4v) is 1.78. The molecular formula is C11H20N2O5. The van der Waals surface area contributed by atoms with Crippen molar-refractivity contribution in [3.05, 3.63) is 0 Å². The van der Waals surface area contributed by atoms with Gasteiger partial charge in [0.2, 0.25) is 0 Å². The Kier molecular flexibility index (Phi) is 6.45. The zero-order valence-electron chi connectivity index (χ0n) is 10.2. The van der Waals surface area contributed by atoms with E-state index in [1.165, 1.54) is 0 Å². The lowest BCUT2D eigenvalue weighted by molar-refractivity contribution is -0.139. The molecule has 1 rings (SSSR count). The van der Waals surface area contributed by atoms with Crippen LogP contribution in [0, 0.1) is 5.92 Å². The molecule has 1 aliphatic rings. The third-order valence-corrected chi connectivity index (χ3v) is 2.91. The van der Waals surface area contributed by atoms with Crippen LogP contribution in [0.2, 0.25) is 0 Å². The lowest BCUT2D eigenvalue weighted by Gasteiger charge is -2.22. The van der Waals surface area contributed by atoms with Crippen LogP contribution >= 0.6 is 0 Å². The summed E-state index contributed by atoms with van der Waals surface area (Å²) in [5.41, 5.74) is 0. The highest BCUT2D eigenvalue weighted by Crippen LogP contribution is 2.12. The SMILES string of the molecule is O=C(NCC1CCOCC1)N[C@@H](CCO)C(=O)O. The predicted molar refractivity (Wildman–Crippen MR) is 63.2 cm³/mol. The van der Waals surface area contributed by atoms with Crippen molar-refractivity contribution in [3.8, 4) is 0 Å². The number of carboxylic acids is 1. The predicted octanol–water partition coefficient (Wildman–Crippen LogP) is -0.452. The van der Waals surface area contributed by atoms with Crippen LogP contribution in [0.25, 0.3) is 0 Å². The van der Waals surface area contributed by atoms with Crippen LogP contribution in [0.1, 0.15) is 19.3 Å². The topological polar surface area (TPSA) is 108 Å². The van der Waals surface area contributed by atoms with Gasteiger partial charge >= 0.3 is 12.0 Å². The third kappa shape index (κ3) is 5.33. The quantitative estimate of drug-likeness (QED) is 0.517. The van der Waals surface area contributed by atoms with Crippen molar-refractivity contribution in [1.82, 2.24) is 10.6 Å². The molecule has 0 aromatic rings. The van der Waals surface area contributed by atoms with Crippen LogP contribution in [0.5, 0.6) is 0 Å². The number of aliphatic hydroxyl groups is 1. The van der Waals surface area contributed by atoms with Gasteiger partial charge in [0.1, 0.15) is 6.04 Å². The van der Waals surface area contributed by atoms with Gasteiger partial charge in [0, 0.05) is 32.8 Å². The van der Waals surface area contributed by atoms with Gasteiger partial charge in [0.25, 0.3) is 0 Å². The summed E-state index contributed by atoms with van der Waals surface area (Å²) in [7, 11) is 0. The van der Waals surface area contributed by atoms with E-state index in [2.05, 4.69) is 10.6 Å². The summed E-state index contributed by atoms with van der Waals surface area (Å²) in [5, 5.41) is 22.4. The van der Waals surface area contributed by atoms with Crippen LogP contribution in [-0.2, 0) is 9.53 Å². The van der Waals surface area contributed by atoms with E-state index in [4.69, 9.17) is 14.9 Å². The van der Waals surface area contributed by atoms with Gasteiger partial charge < -0.3 is 25.6 Å². The van der Waals surface area contributed by atoms with Crippen LogP contribution in [0.4, 0.5) is 4.79 Å². The molecule has 0 aromatic carbocycles. The van der Waals surface area contributed by atoms with E-state index in [0.29, 0.717) is 25.7 Å². The average molecular weight is 260 g/mol. The normalized spacial score (nSPS) is 18.1. The lowest BCUT2D eigenvalue weighted by Crippen LogP contribution is -2.47. The van der Waals surface area contributed by atoms with Crippen molar-refractivity contribution in [2.75, 3.05) is 26.4 Å². The van der Waals surface area contributed by atoms with Gasteiger partial charge in [0.15, 0.2) is 0 Å². The maximum atomic E-state index is 11.5. The molecule has 0 aliphatic carbocycles. The molecule has 0 bridgehead atoms. The summed E-state index contributed by atoms with van der Waals surface area (Å²) in [6.07, 6.45) is 1.80. The van der Waals surface area contributed by atoms with E-state index in [0.717, 1.165) is 12.8 Å². The van der Waals surface area contributed by atoms with Gasteiger partial charge in [0.05, 0.1) is 0 Å². The second-order valence-corrected chi connectivity index (χ2v) is 4.31. The van der Waals surface area contributed by atoms with Crippen molar-refractivity contribution in [2.45, 2.75) is 25.3 Å². The summed E-state index contributed by atoms with van der Waals surface area (Å²) in [6.45, 7) is 1.64. The Morgan fingerprint density at radius 3 is 2.56 bits per heavy atom. The molecule has 2 amide bonds. The van der Waals surface area contributed by atoms with Crippen molar-refractivity contribution < 1.29 is 24.5 Å². The summed E-state index contributed by atoms with van der Waals surface area (Å²) in [6, 6.07) is -1.56. The average Bonchev–Trinajstić information content (AvgIpc) is 2.37. The Hall–Kier alpha value is -1.34. The lowest BCUT2D eigenvalue weighted by atomic mass is 10.0. The van der Waals surface area contributed by atoms with E-state index in [1.807, 2.05) is 0 Å². The van der Waals surface area contributed by atoms with Crippen LogP contribution < -0.4 is 10.6 Å². The van der Waals surface area contributed by atoms with Gasteiger partial charge in [-0.05, 0) is 18.8 Å². The van der Waals surface area contributed by atoms with Crippen LogP contribution in [0.3, 0.4) is 0 Å². The maximum absolute atomic E-state index is 11.5. The minimum absolute atomic E-state index is 0.0000217. The first-order chi connectivity index (χ1) is 8.63. The minimum Gasteiger partial charge on any atom is -0.480 e. The van der Waals surface area contributed by atoms with Crippen molar-refractivity contribution in [2.24, 2.45) is 5.92 Å². The number of hydrogen-bond acceptors (Lipinski definition) is 4. The second-order valence-electron chi connectivity index (χ2n) is 4.31. The van der Waals surface area contributed by atoms with Crippen LogP contribution in [-0.4, -0.2) is 54.6 Å². The van der Waals surface area contributed by atoms with E-state index < -0.39 is 18.0 Å². The molecule has 0 spiro atoms.